The normalized spacial score (nSPS) is 19.7. The minimum Gasteiger partial charge on any atom is -0.478 e. The van der Waals surface area contributed by atoms with Crippen LogP contribution in [0.1, 0.15) is 35.3 Å². The molecule has 0 aliphatic carbocycles. The third-order valence-electron chi connectivity index (χ3n) is 5.86. The predicted octanol–water partition coefficient (Wildman–Crippen LogP) is 1.30. The van der Waals surface area contributed by atoms with E-state index < -0.39 is 5.97 Å². The van der Waals surface area contributed by atoms with Crippen LogP contribution in [0.15, 0.2) is 41.2 Å². The Morgan fingerprint density at radius 1 is 1.07 bits per heavy atom. The highest BCUT2D eigenvalue weighted by Gasteiger charge is 2.36. The van der Waals surface area contributed by atoms with Gasteiger partial charge in [-0.3, -0.25) is 14.4 Å². The zero-order valence-corrected chi connectivity index (χ0v) is 16.6. The van der Waals surface area contributed by atoms with Gasteiger partial charge in [-0.25, -0.2) is 4.79 Å². The van der Waals surface area contributed by atoms with Gasteiger partial charge in [-0.2, -0.15) is 0 Å². The molecule has 2 atom stereocenters. The smallest absolute Gasteiger partial charge is 0.335 e. The number of carbonyl (C=O) groups excluding carboxylic acids is 2. The van der Waals surface area contributed by atoms with Gasteiger partial charge in [-0.15, -0.1) is 0 Å². The molecule has 1 aromatic heterocycles. The van der Waals surface area contributed by atoms with Crippen LogP contribution in [-0.4, -0.2) is 52.0 Å². The maximum Gasteiger partial charge on any atom is 0.335 e. The van der Waals surface area contributed by atoms with Gasteiger partial charge in [0.25, 0.3) is 5.56 Å². The number of rotatable bonds is 4. The van der Waals surface area contributed by atoms with Gasteiger partial charge in [-0.1, -0.05) is 12.1 Å². The van der Waals surface area contributed by atoms with E-state index >= 15 is 0 Å². The van der Waals surface area contributed by atoms with E-state index in [2.05, 4.69) is 5.32 Å². The molecule has 1 aromatic carbocycles. The zero-order valence-electron chi connectivity index (χ0n) is 16.6. The Balaban J connectivity index is 1.62. The van der Waals surface area contributed by atoms with E-state index in [0.29, 0.717) is 19.6 Å². The van der Waals surface area contributed by atoms with Crippen molar-refractivity contribution in [3.8, 4) is 11.1 Å². The summed E-state index contributed by atoms with van der Waals surface area (Å²) in [6.45, 7) is 3.02. The number of aromatic nitrogens is 1. The molecule has 30 heavy (non-hydrogen) atoms. The van der Waals surface area contributed by atoms with Gasteiger partial charge in [0.05, 0.1) is 12.1 Å². The molecule has 3 heterocycles. The SMILES string of the molecule is CC(=O)NCC(=O)N1C[C@@H]2C[C@H](C1)c1cc(-c3ccc(C(=O)O)cc3)cc(=O)n1C2. The van der Waals surface area contributed by atoms with Crippen LogP contribution in [0.3, 0.4) is 0 Å². The van der Waals surface area contributed by atoms with Crippen molar-refractivity contribution in [3.05, 3.63) is 58.0 Å². The summed E-state index contributed by atoms with van der Waals surface area (Å²) < 4.78 is 1.80. The lowest BCUT2D eigenvalue weighted by Gasteiger charge is -2.43. The molecule has 2 amide bonds. The molecule has 4 rings (SSSR count). The maximum atomic E-state index is 12.8. The number of pyridine rings is 1. The monoisotopic (exact) mass is 409 g/mol. The second-order valence-electron chi connectivity index (χ2n) is 8.01. The average Bonchev–Trinajstić information content (AvgIpc) is 2.72. The fourth-order valence-electron chi connectivity index (χ4n) is 4.45. The first kappa shape index (κ1) is 19.9. The van der Waals surface area contributed by atoms with Crippen molar-refractivity contribution < 1.29 is 19.5 Å². The van der Waals surface area contributed by atoms with Gasteiger partial charge in [0, 0.05) is 44.2 Å². The summed E-state index contributed by atoms with van der Waals surface area (Å²) in [5.74, 6) is -1.10. The van der Waals surface area contributed by atoms with Crippen molar-refractivity contribution in [1.29, 1.82) is 0 Å². The molecule has 0 spiro atoms. The molecule has 0 unspecified atom stereocenters. The lowest BCUT2D eigenvalue weighted by Crippen LogP contribution is -2.51. The first-order valence-electron chi connectivity index (χ1n) is 9.92. The van der Waals surface area contributed by atoms with Crippen LogP contribution in [0.25, 0.3) is 11.1 Å². The zero-order chi connectivity index (χ0) is 21.4. The van der Waals surface area contributed by atoms with Crippen LogP contribution in [0, 0.1) is 5.92 Å². The topological polar surface area (TPSA) is 109 Å². The summed E-state index contributed by atoms with van der Waals surface area (Å²) in [5, 5.41) is 11.6. The summed E-state index contributed by atoms with van der Waals surface area (Å²) in [5.41, 5.74) is 2.52. The van der Waals surface area contributed by atoms with Crippen molar-refractivity contribution in [3.63, 3.8) is 0 Å². The summed E-state index contributed by atoms with van der Waals surface area (Å²) in [7, 11) is 0. The van der Waals surface area contributed by atoms with Crippen LogP contribution >= 0.6 is 0 Å². The average molecular weight is 409 g/mol. The lowest BCUT2D eigenvalue weighted by molar-refractivity contribution is -0.134. The molecule has 2 N–H and O–H groups in total. The van der Waals surface area contributed by atoms with Crippen molar-refractivity contribution >= 4 is 17.8 Å². The summed E-state index contributed by atoms with van der Waals surface area (Å²) >= 11 is 0. The number of amides is 2. The Morgan fingerprint density at radius 2 is 1.80 bits per heavy atom. The molecule has 0 saturated carbocycles. The molecule has 2 bridgehead atoms. The number of carbonyl (C=O) groups is 3. The van der Waals surface area contributed by atoms with Crippen LogP contribution < -0.4 is 10.9 Å². The second kappa shape index (κ2) is 7.78. The number of benzene rings is 1. The van der Waals surface area contributed by atoms with Crippen molar-refractivity contribution in [2.24, 2.45) is 5.92 Å². The highest BCUT2D eigenvalue weighted by Crippen LogP contribution is 2.36. The molecule has 2 aromatic rings. The van der Waals surface area contributed by atoms with E-state index in [0.717, 1.165) is 23.2 Å². The first-order valence-corrected chi connectivity index (χ1v) is 9.92. The van der Waals surface area contributed by atoms with E-state index in [1.807, 2.05) is 6.07 Å². The molecule has 0 radical (unpaired) electrons. The number of carboxylic acids is 1. The summed E-state index contributed by atoms with van der Waals surface area (Å²) in [4.78, 5) is 49.2. The van der Waals surface area contributed by atoms with E-state index in [1.165, 1.54) is 19.1 Å². The number of hydrogen-bond acceptors (Lipinski definition) is 4. The van der Waals surface area contributed by atoms with Crippen LogP contribution in [0.4, 0.5) is 0 Å². The Bertz CT molecular complexity index is 1070. The van der Waals surface area contributed by atoms with Gasteiger partial charge in [-0.05, 0) is 41.7 Å². The van der Waals surface area contributed by atoms with Gasteiger partial charge < -0.3 is 19.9 Å². The summed E-state index contributed by atoms with van der Waals surface area (Å²) in [6, 6.07) is 10.00. The lowest BCUT2D eigenvalue weighted by atomic mass is 9.82. The minimum absolute atomic E-state index is 0.0163. The molecular formula is C22H23N3O5. The molecule has 156 valence electrons. The number of nitrogens with zero attached hydrogens (tertiary/aromatic N) is 2. The molecule has 8 nitrogen and oxygen atoms in total. The predicted molar refractivity (Wildman–Crippen MR) is 109 cm³/mol. The largest absolute Gasteiger partial charge is 0.478 e. The standard InChI is InChI=1S/C22H23N3O5/c1-13(26)23-9-21(28)24-10-14-6-18(12-24)19-7-17(8-20(27)25(19)11-14)15-2-4-16(5-3-15)22(29)30/h2-5,7-8,14,18H,6,9-12H2,1H3,(H,23,26)(H,29,30)/t14-,18+/m0/s1. The third kappa shape index (κ3) is 3.85. The van der Waals surface area contributed by atoms with Crippen LogP contribution in [-0.2, 0) is 16.1 Å². The Kier molecular flexibility index (Phi) is 5.15. The first-order chi connectivity index (χ1) is 14.3. The minimum atomic E-state index is -0.996. The van der Waals surface area contributed by atoms with Gasteiger partial charge in [0.1, 0.15) is 0 Å². The number of nitrogens with one attached hydrogen (secondary N) is 1. The Hall–Kier alpha value is -3.42. The van der Waals surface area contributed by atoms with Gasteiger partial charge in [0.2, 0.25) is 11.8 Å². The quantitative estimate of drug-likeness (QED) is 0.791. The number of piperidine rings is 1. The molecule has 1 fully saturated rings. The fourth-order valence-corrected chi connectivity index (χ4v) is 4.45. The van der Waals surface area contributed by atoms with E-state index in [9.17, 15) is 19.2 Å². The number of fused-ring (bicyclic) bond motifs is 4. The van der Waals surface area contributed by atoms with E-state index in [4.69, 9.17) is 5.11 Å². The van der Waals surface area contributed by atoms with Crippen molar-refractivity contribution in [2.45, 2.75) is 25.8 Å². The number of hydrogen-bond donors (Lipinski definition) is 2. The summed E-state index contributed by atoms with van der Waals surface area (Å²) in [6.07, 6.45) is 0.908. The van der Waals surface area contributed by atoms with Crippen LogP contribution in [0.5, 0.6) is 0 Å². The molecule has 1 saturated heterocycles. The van der Waals surface area contributed by atoms with Gasteiger partial charge in [0.15, 0.2) is 0 Å². The highest BCUT2D eigenvalue weighted by atomic mass is 16.4. The number of carboxylic acid groups (broad SMARTS) is 1. The van der Waals surface area contributed by atoms with E-state index in [-0.39, 0.29) is 41.3 Å². The second-order valence-corrected chi connectivity index (χ2v) is 8.01. The van der Waals surface area contributed by atoms with E-state index in [1.54, 1.807) is 27.7 Å². The van der Waals surface area contributed by atoms with Crippen molar-refractivity contribution in [2.75, 3.05) is 19.6 Å². The Morgan fingerprint density at radius 3 is 2.47 bits per heavy atom. The molecule has 8 heteroatoms. The molecular weight excluding hydrogens is 386 g/mol. The molecule has 2 aliphatic rings. The number of aromatic carboxylic acids is 1. The Labute approximate surface area is 173 Å². The fraction of sp³-hybridized carbons (Fsp3) is 0.364. The highest BCUT2D eigenvalue weighted by molar-refractivity contribution is 5.88. The van der Waals surface area contributed by atoms with Crippen LogP contribution in [0.2, 0.25) is 0 Å². The molecule has 2 aliphatic heterocycles. The number of likely N-dealkylation sites (tertiary alicyclic amines) is 1. The van der Waals surface area contributed by atoms with Crippen molar-refractivity contribution in [1.82, 2.24) is 14.8 Å². The van der Waals surface area contributed by atoms with Gasteiger partial charge >= 0.3 is 5.97 Å². The maximum absolute atomic E-state index is 12.8. The third-order valence-corrected chi connectivity index (χ3v) is 5.86.